The molecule has 0 spiro atoms. The zero-order valence-electron chi connectivity index (χ0n) is 19.2. The number of nitrogens with zero attached hydrogens (tertiary/aromatic N) is 1. The molecule has 0 saturated heterocycles. The lowest BCUT2D eigenvalue weighted by molar-refractivity contribution is -0.137. The van der Waals surface area contributed by atoms with E-state index in [4.69, 9.17) is 9.84 Å². The van der Waals surface area contributed by atoms with Crippen molar-refractivity contribution in [2.45, 2.75) is 19.3 Å². The third-order valence-corrected chi connectivity index (χ3v) is 5.90. The highest BCUT2D eigenvalue weighted by molar-refractivity contribution is 5.96. The maximum absolute atomic E-state index is 14.7. The first-order chi connectivity index (χ1) is 16.9. The van der Waals surface area contributed by atoms with Gasteiger partial charge in [-0.15, -0.1) is 0 Å². The number of benzene rings is 3. The summed E-state index contributed by atoms with van der Waals surface area (Å²) in [6.45, 7) is 1.64. The van der Waals surface area contributed by atoms with Crippen molar-refractivity contribution >= 4 is 23.7 Å². The average Bonchev–Trinajstić information content (AvgIpc) is 3.17. The molecule has 3 aromatic rings. The molecular weight excluding hydrogens is 451 g/mol. The lowest BCUT2D eigenvalue weighted by Gasteiger charge is -2.20. The minimum Gasteiger partial charge on any atom is -0.480 e. The number of anilines is 1. The van der Waals surface area contributed by atoms with Gasteiger partial charge >= 0.3 is 12.1 Å². The van der Waals surface area contributed by atoms with E-state index in [1.807, 2.05) is 55.5 Å². The second-order valence-corrected chi connectivity index (χ2v) is 8.27. The van der Waals surface area contributed by atoms with Crippen LogP contribution in [0.1, 0.15) is 40.7 Å². The molecule has 0 saturated carbocycles. The monoisotopic (exact) mass is 476 g/mol. The molecule has 4 rings (SSSR count). The van der Waals surface area contributed by atoms with Crippen LogP contribution in [0.2, 0.25) is 0 Å². The number of nitrogens with one attached hydrogen (secondary N) is 1. The van der Waals surface area contributed by atoms with E-state index in [0.29, 0.717) is 6.42 Å². The second kappa shape index (κ2) is 10.4. The van der Waals surface area contributed by atoms with Gasteiger partial charge in [-0.3, -0.25) is 14.9 Å². The Morgan fingerprint density at radius 1 is 1.00 bits per heavy atom. The molecule has 0 unspecified atom stereocenters. The molecular formula is C27H25FN2O5. The van der Waals surface area contributed by atoms with Gasteiger partial charge in [-0.25, -0.2) is 9.18 Å². The summed E-state index contributed by atoms with van der Waals surface area (Å²) >= 11 is 0. The molecule has 0 heterocycles. The number of hydrogen-bond donors (Lipinski definition) is 2. The van der Waals surface area contributed by atoms with Crippen LogP contribution in [0.5, 0.6) is 0 Å². The number of carbonyl (C=O) groups is 3. The van der Waals surface area contributed by atoms with Crippen LogP contribution >= 0.6 is 0 Å². The first-order valence-corrected chi connectivity index (χ1v) is 11.3. The number of fused-ring (bicyclic) bond motifs is 3. The second-order valence-electron chi connectivity index (χ2n) is 8.27. The summed E-state index contributed by atoms with van der Waals surface area (Å²) in [6, 6.07) is 19.5. The summed E-state index contributed by atoms with van der Waals surface area (Å²) in [4.78, 5) is 37.2. The number of halogens is 1. The van der Waals surface area contributed by atoms with Gasteiger partial charge in [0.05, 0.1) is 5.69 Å². The fourth-order valence-electron chi connectivity index (χ4n) is 4.36. The van der Waals surface area contributed by atoms with Crippen LogP contribution in [0.25, 0.3) is 11.1 Å². The number of aliphatic carboxylic acids is 1. The summed E-state index contributed by atoms with van der Waals surface area (Å²) in [6.07, 6.45) is -0.258. The van der Waals surface area contributed by atoms with Crippen molar-refractivity contribution in [3.8, 4) is 11.1 Å². The van der Waals surface area contributed by atoms with Crippen molar-refractivity contribution in [1.29, 1.82) is 0 Å². The summed E-state index contributed by atoms with van der Waals surface area (Å²) in [7, 11) is 0. The SMILES string of the molecule is CCCN(CC(=O)O)C(=O)c1ccc(NC(=O)OCC2c3ccccc3-c3ccccc32)c(F)c1. The Labute approximate surface area is 202 Å². The van der Waals surface area contributed by atoms with Gasteiger partial charge in [0.25, 0.3) is 5.91 Å². The lowest BCUT2D eigenvalue weighted by atomic mass is 9.98. The molecule has 8 heteroatoms. The van der Waals surface area contributed by atoms with Gasteiger partial charge in [0.1, 0.15) is 19.0 Å². The van der Waals surface area contributed by atoms with Crippen LogP contribution in [0.15, 0.2) is 66.7 Å². The fraction of sp³-hybridized carbons (Fsp3) is 0.222. The predicted octanol–water partition coefficient (Wildman–Crippen LogP) is 5.12. The Bertz CT molecular complexity index is 1230. The number of carboxylic acids is 1. The Morgan fingerprint density at radius 2 is 1.63 bits per heavy atom. The minimum atomic E-state index is -1.15. The lowest BCUT2D eigenvalue weighted by Crippen LogP contribution is -2.36. The molecule has 7 nitrogen and oxygen atoms in total. The van der Waals surface area contributed by atoms with Gasteiger partial charge in [-0.2, -0.15) is 0 Å². The van der Waals surface area contributed by atoms with Gasteiger partial charge < -0.3 is 14.7 Å². The zero-order chi connectivity index (χ0) is 24.9. The van der Waals surface area contributed by atoms with Crippen molar-refractivity contribution in [2.75, 3.05) is 25.0 Å². The van der Waals surface area contributed by atoms with Crippen molar-refractivity contribution in [2.24, 2.45) is 0 Å². The van der Waals surface area contributed by atoms with Gasteiger partial charge in [0.2, 0.25) is 0 Å². The highest BCUT2D eigenvalue weighted by Crippen LogP contribution is 2.44. The van der Waals surface area contributed by atoms with Gasteiger partial charge in [-0.1, -0.05) is 55.5 Å². The molecule has 2 N–H and O–H groups in total. The Hall–Kier alpha value is -4.20. The zero-order valence-corrected chi connectivity index (χ0v) is 19.2. The van der Waals surface area contributed by atoms with E-state index >= 15 is 0 Å². The first kappa shape index (κ1) is 23.9. The number of ether oxygens (including phenoxy) is 1. The Balaban J connectivity index is 1.42. The van der Waals surface area contributed by atoms with Gasteiger partial charge in [0, 0.05) is 18.0 Å². The maximum atomic E-state index is 14.7. The number of hydrogen-bond acceptors (Lipinski definition) is 4. The molecule has 0 radical (unpaired) electrons. The normalized spacial score (nSPS) is 11.9. The molecule has 0 fully saturated rings. The number of carbonyl (C=O) groups excluding carboxylic acids is 2. The van der Waals surface area contributed by atoms with E-state index in [-0.39, 0.29) is 30.3 Å². The molecule has 1 aliphatic rings. The predicted molar refractivity (Wildman–Crippen MR) is 129 cm³/mol. The number of amides is 2. The Morgan fingerprint density at radius 3 is 2.20 bits per heavy atom. The van der Waals surface area contributed by atoms with Crippen molar-refractivity contribution in [1.82, 2.24) is 4.90 Å². The maximum Gasteiger partial charge on any atom is 0.411 e. The molecule has 3 aromatic carbocycles. The van der Waals surface area contributed by atoms with Crippen LogP contribution in [0.3, 0.4) is 0 Å². The van der Waals surface area contributed by atoms with E-state index < -0.39 is 30.3 Å². The third-order valence-electron chi connectivity index (χ3n) is 5.90. The fourth-order valence-corrected chi connectivity index (χ4v) is 4.36. The van der Waals surface area contributed by atoms with Crippen LogP contribution in [-0.2, 0) is 9.53 Å². The smallest absolute Gasteiger partial charge is 0.411 e. The highest BCUT2D eigenvalue weighted by atomic mass is 19.1. The molecule has 0 bridgehead atoms. The summed E-state index contributed by atoms with van der Waals surface area (Å²) in [5.41, 5.74) is 4.18. The summed E-state index contributed by atoms with van der Waals surface area (Å²) < 4.78 is 20.1. The van der Waals surface area contributed by atoms with Crippen molar-refractivity contribution in [3.05, 3.63) is 89.2 Å². The largest absolute Gasteiger partial charge is 0.480 e. The van der Waals surface area contributed by atoms with Crippen molar-refractivity contribution in [3.63, 3.8) is 0 Å². The summed E-state index contributed by atoms with van der Waals surface area (Å²) in [5.74, 6) is -2.70. The van der Waals surface area contributed by atoms with Gasteiger partial charge in [0.15, 0.2) is 0 Å². The van der Waals surface area contributed by atoms with E-state index in [0.717, 1.165) is 33.2 Å². The molecule has 180 valence electrons. The number of rotatable bonds is 8. The molecule has 0 aromatic heterocycles. The average molecular weight is 477 g/mol. The van der Waals surface area contributed by atoms with Crippen LogP contribution in [0, 0.1) is 5.82 Å². The topological polar surface area (TPSA) is 95.9 Å². The molecule has 35 heavy (non-hydrogen) atoms. The third kappa shape index (κ3) is 5.16. The van der Waals surface area contributed by atoms with Crippen LogP contribution in [-0.4, -0.2) is 47.7 Å². The van der Waals surface area contributed by atoms with E-state index in [2.05, 4.69) is 5.32 Å². The van der Waals surface area contributed by atoms with Gasteiger partial charge in [-0.05, 0) is 46.9 Å². The van der Waals surface area contributed by atoms with E-state index in [1.54, 1.807) is 0 Å². The molecule has 2 amide bonds. The van der Waals surface area contributed by atoms with Crippen LogP contribution in [0.4, 0.5) is 14.9 Å². The molecule has 0 aliphatic heterocycles. The van der Waals surface area contributed by atoms with Crippen LogP contribution < -0.4 is 5.32 Å². The summed E-state index contributed by atoms with van der Waals surface area (Å²) in [5, 5.41) is 11.4. The first-order valence-electron chi connectivity index (χ1n) is 11.3. The Kier molecular flexibility index (Phi) is 7.10. The quantitative estimate of drug-likeness (QED) is 0.470. The van der Waals surface area contributed by atoms with Crippen molar-refractivity contribution < 1.29 is 28.6 Å². The van der Waals surface area contributed by atoms with E-state index in [1.165, 1.54) is 12.1 Å². The standard InChI is InChI=1S/C27H25FN2O5/c1-2-13-30(15-25(31)32)26(33)17-11-12-24(23(28)14-17)29-27(34)35-16-22-20-9-5-3-7-18(20)19-8-4-6-10-21(19)22/h3-12,14,22H,2,13,15-16H2,1H3,(H,29,34)(H,31,32). The highest BCUT2D eigenvalue weighted by Gasteiger charge is 2.29. The molecule has 1 aliphatic carbocycles. The number of carboxylic acid groups (broad SMARTS) is 1. The van der Waals surface area contributed by atoms with E-state index in [9.17, 15) is 18.8 Å². The molecule has 0 atom stereocenters. The minimum absolute atomic E-state index is 0.00436.